The predicted octanol–water partition coefficient (Wildman–Crippen LogP) is 2.72. The van der Waals surface area contributed by atoms with Gasteiger partial charge in [0.1, 0.15) is 5.82 Å². The Kier molecular flexibility index (Phi) is 4.14. The number of carbonyl (C=O) groups excluding carboxylic acids is 1. The molecule has 3 aromatic rings. The number of fused-ring (bicyclic) bond motifs is 1. The Morgan fingerprint density at radius 1 is 1.21 bits per heavy atom. The van der Waals surface area contributed by atoms with Gasteiger partial charge in [0.2, 0.25) is 5.56 Å². The lowest BCUT2D eigenvalue weighted by Crippen LogP contribution is -2.17. The number of halogens is 1. The molecule has 0 radical (unpaired) electrons. The van der Waals surface area contributed by atoms with E-state index in [0.717, 1.165) is 5.56 Å². The first kappa shape index (κ1) is 15.9. The topological polar surface area (TPSA) is 82.2 Å². The molecule has 0 atom stereocenters. The van der Waals surface area contributed by atoms with E-state index in [-0.39, 0.29) is 17.7 Å². The van der Waals surface area contributed by atoms with E-state index in [1.807, 2.05) is 6.92 Å². The number of aromatic nitrogens is 1. The lowest BCUT2D eigenvalue weighted by molar-refractivity contribution is 0.102. The lowest BCUT2D eigenvalue weighted by Gasteiger charge is -2.11. The van der Waals surface area contributed by atoms with Crippen LogP contribution in [0.4, 0.5) is 10.1 Å². The molecule has 1 amide bonds. The van der Waals surface area contributed by atoms with Crippen LogP contribution in [0, 0.1) is 12.7 Å². The van der Waals surface area contributed by atoms with Gasteiger partial charge in [0.05, 0.1) is 17.7 Å². The monoisotopic (exact) mass is 326 g/mol. The van der Waals surface area contributed by atoms with Gasteiger partial charge in [-0.2, -0.15) is 0 Å². The van der Waals surface area contributed by atoms with Crippen molar-refractivity contribution in [2.45, 2.75) is 13.5 Å². The molecule has 1 aromatic heterocycles. The summed E-state index contributed by atoms with van der Waals surface area (Å²) in [5.41, 5.74) is 1.95. The number of benzene rings is 2. The normalized spacial score (nSPS) is 10.8. The van der Waals surface area contributed by atoms with Gasteiger partial charge in [-0.1, -0.05) is 12.1 Å². The van der Waals surface area contributed by atoms with Crippen LogP contribution in [0.5, 0.6) is 0 Å². The van der Waals surface area contributed by atoms with Gasteiger partial charge >= 0.3 is 0 Å². The fraction of sp³-hybridized carbons (Fsp3) is 0.111. The van der Waals surface area contributed by atoms with Crippen molar-refractivity contribution in [1.29, 1.82) is 0 Å². The highest BCUT2D eigenvalue weighted by Gasteiger charge is 2.14. The number of hydrogen-bond acceptors (Lipinski definition) is 3. The highest BCUT2D eigenvalue weighted by molar-refractivity contribution is 6.12. The number of amides is 1. The Morgan fingerprint density at radius 2 is 2.00 bits per heavy atom. The zero-order valence-corrected chi connectivity index (χ0v) is 12.9. The van der Waals surface area contributed by atoms with Gasteiger partial charge in [0, 0.05) is 17.1 Å². The van der Waals surface area contributed by atoms with Crippen molar-refractivity contribution in [3.63, 3.8) is 0 Å². The maximum atomic E-state index is 13.3. The van der Waals surface area contributed by atoms with E-state index in [9.17, 15) is 19.1 Å². The maximum Gasteiger partial charge on any atom is 0.256 e. The van der Waals surface area contributed by atoms with E-state index in [1.54, 1.807) is 18.2 Å². The fourth-order valence-corrected chi connectivity index (χ4v) is 2.51. The van der Waals surface area contributed by atoms with Crippen LogP contribution in [-0.4, -0.2) is 16.0 Å². The molecule has 0 unspecified atom stereocenters. The van der Waals surface area contributed by atoms with Crippen molar-refractivity contribution in [2.24, 2.45) is 0 Å². The van der Waals surface area contributed by atoms with Crippen LogP contribution in [0.2, 0.25) is 0 Å². The zero-order chi connectivity index (χ0) is 17.3. The minimum absolute atomic E-state index is 0.142. The summed E-state index contributed by atoms with van der Waals surface area (Å²) in [5, 5.41) is 12.4. The molecule has 0 bridgehead atoms. The van der Waals surface area contributed by atoms with Crippen molar-refractivity contribution < 1.29 is 14.3 Å². The van der Waals surface area contributed by atoms with E-state index in [1.165, 1.54) is 24.3 Å². The molecule has 0 aliphatic heterocycles. The Labute approximate surface area is 136 Å². The molecule has 24 heavy (non-hydrogen) atoms. The van der Waals surface area contributed by atoms with E-state index in [0.29, 0.717) is 16.6 Å². The predicted molar refractivity (Wildman–Crippen MR) is 89.6 cm³/mol. The van der Waals surface area contributed by atoms with E-state index in [4.69, 9.17) is 0 Å². The first-order chi connectivity index (χ1) is 11.5. The number of aryl methyl sites for hydroxylation is 1. The molecular weight excluding hydrogens is 311 g/mol. The number of aliphatic hydroxyl groups excluding tert-OH is 1. The van der Waals surface area contributed by atoms with Gasteiger partial charge in [-0.25, -0.2) is 4.39 Å². The number of carbonyl (C=O) groups is 1. The number of nitrogens with one attached hydrogen (secondary N) is 2. The number of H-pyrrole nitrogens is 1. The average molecular weight is 326 g/mol. The molecule has 3 rings (SSSR count). The molecule has 3 N–H and O–H groups in total. The van der Waals surface area contributed by atoms with Crippen LogP contribution in [0.25, 0.3) is 10.9 Å². The molecule has 0 saturated carbocycles. The summed E-state index contributed by atoms with van der Waals surface area (Å²) in [7, 11) is 0. The molecule has 0 aliphatic carbocycles. The lowest BCUT2D eigenvalue weighted by atomic mass is 10.1. The summed E-state index contributed by atoms with van der Waals surface area (Å²) in [5.74, 6) is -0.974. The molecule has 1 heterocycles. The van der Waals surface area contributed by atoms with E-state index in [2.05, 4.69) is 10.3 Å². The highest BCUT2D eigenvalue weighted by atomic mass is 19.1. The standard InChI is InChI=1S/C18H15FN2O3/c1-10-2-3-11(9-22)6-15(10)21-18(24)14-8-17(23)20-16-7-12(19)4-5-13(14)16/h2-8,22H,9H2,1H3,(H,20,23)(H,21,24). The molecule has 5 nitrogen and oxygen atoms in total. The largest absolute Gasteiger partial charge is 0.392 e. The van der Waals surface area contributed by atoms with Crippen LogP contribution >= 0.6 is 0 Å². The molecule has 6 heteroatoms. The Hall–Kier alpha value is -2.99. The Balaban J connectivity index is 2.05. The van der Waals surface area contributed by atoms with E-state index >= 15 is 0 Å². The van der Waals surface area contributed by atoms with Gasteiger partial charge < -0.3 is 15.4 Å². The minimum atomic E-state index is -0.498. The molecule has 122 valence electrons. The molecule has 0 spiro atoms. The van der Waals surface area contributed by atoms with Gasteiger partial charge in [-0.05, 0) is 42.3 Å². The second-order valence-electron chi connectivity index (χ2n) is 5.50. The van der Waals surface area contributed by atoms with Gasteiger partial charge in [0.25, 0.3) is 5.91 Å². The first-order valence-electron chi connectivity index (χ1n) is 7.32. The number of hydrogen-bond donors (Lipinski definition) is 3. The van der Waals surface area contributed by atoms with Crippen LogP contribution in [-0.2, 0) is 6.61 Å². The van der Waals surface area contributed by atoms with Crippen molar-refractivity contribution in [2.75, 3.05) is 5.32 Å². The first-order valence-corrected chi connectivity index (χ1v) is 7.32. The summed E-state index contributed by atoms with van der Waals surface area (Å²) in [6.45, 7) is 1.68. The van der Waals surface area contributed by atoms with Crippen molar-refractivity contribution in [1.82, 2.24) is 4.98 Å². The SMILES string of the molecule is Cc1ccc(CO)cc1NC(=O)c1cc(=O)[nH]c2cc(F)ccc12. The third-order valence-electron chi connectivity index (χ3n) is 3.78. The molecule has 0 aliphatic rings. The number of pyridine rings is 1. The van der Waals surface area contributed by atoms with Gasteiger partial charge in [0.15, 0.2) is 0 Å². The summed E-state index contributed by atoms with van der Waals surface area (Å²) >= 11 is 0. The summed E-state index contributed by atoms with van der Waals surface area (Å²) < 4.78 is 13.3. The third kappa shape index (κ3) is 3.04. The summed E-state index contributed by atoms with van der Waals surface area (Å²) in [6, 6.07) is 10.2. The summed E-state index contributed by atoms with van der Waals surface area (Å²) in [6.07, 6.45) is 0. The number of aliphatic hydroxyl groups is 1. The molecule has 2 aromatic carbocycles. The fourth-order valence-electron chi connectivity index (χ4n) is 2.51. The number of rotatable bonds is 3. The number of aromatic amines is 1. The maximum absolute atomic E-state index is 13.3. The second-order valence-corrected chi connectivity index (χ2v) is 5.50. The average Bonchev–Trinajstić information content (AvgIpc) is 2.55. The number of anilines is 1. The van der Waals surface area contributed by atoms with Crippen molar-refractivity contribution in [3.8, 4) is 0 Å². The van der Waals surface area contributed by atoms with Crippen molar-refractivity contribution >= 4 is 22.5 Å². The van der Waals surface area contributed by atoms with Crippen LogP contribution in [0.15, 0.2) is 47.3 Å². The quantitative estimate of drug-likeness (QED) is 0.692. The zero-order valence-electron chi connectivity index (χ0n) is 12.9. The molecular formula is C18H15FN2O3. The molecule has 0 saturated heterocycles. The van der Waals surface area contributed by atoms with Gasteiger partial charge in [-0.3, -0.25) is 9.59 Å². The third-order valence-corrected chi connectivity index (χ3v) is 3.78. The highest BCUT2D eigenvalue weighted by Crippen LogP contribution is 2.21. The summed E-state index contributed by atoms with van der Waals surface area (Å²) in [4.78, 5) is 26.9. The van der Waals surface area contributed by atoms with Gasteiger partial charge in [-0.15, -0.1) is 0 Å². The second kappa shape index (κ2) is 6.25. The van der Waals surface area contributed by atoms with Crippen LogP contribution < -0.4 is 10.9 Å². The Bertz CT molecular complexity index is 995. The van der Waals surface area contributed by atoms with Crippen LogP contribution in [0.1, 0.15) is 21.5 Å². The molecule has 0 fully saturated rings. The smallest absolute Gasteiger partial charge is 0.256 e. The van der Waals surface area contributed by atoms with E-state index < -0.39 is 17.3 Å². The van der Waals surface area contributed by atoms with Crippen LogP contribution in [0.3, 0.4) is 0 Å². The van der Waals surface area contributed by atoms with Crippen molar-refractivity contribution in [3.05, 3.63) is 75.3 Å². The minimum Gasteiger partial charge on any atom is -0.392 e. The Morgan fingerprint density at radius 3 is 2.75 bits per heavy atom.